The summed E-state index contributed by atoms with van der Waals surface area (Å²) in [6, 6.07) is 17.8. The number of amides is 1. The highest BCUT2D eigenvalue weighted by molar-refractivity contribution is 6.30. The molecule has 4 aromatic rings. The Hall–Kier alpha value is -3.11. The van der Waals surface area contributed by atoms with Crippen LogP contribution in [0, 0.1) is 20.8 Å². The second kappa shape index (κ2) is 8.33. The molecule has 0 spiro atoms. The summed E-state index contributed by atoms with van der Waals surface area (Å²) in [5, 5.41) is 1.43. The Morgan fingerprint density at radius 2 is 1.77 bits per heavy atom. The van der Waals surface area contributed by atoms with Crippen LogP contribution in [-0.4, -0.2) is 15.8 Å². The lowest BCUT2D eigenvalue weighted by atomic mass is 10.0. The number of halogens is 1. The second-order valence-corrected chi connectivity index (χ2v) is 8.07. The molecule has 152 valence electrons. The van der Waals surface area contributed by atoms with E-state index >= 15 is 0 Å². The van der Waals surface area contributed by atoms with Gasteiger partial charge >= 0.3 is 0 Å². The number of hydrogen-bond acceptors (Lipinski definition) is 3. The van der Waals surface area contributed by atoms with Crippen LogP contribution in [0.15, 0.2) is 65.3 Å². The van der Waals surface area contributed by atoms with Crippen LogP contribution in [0.3, 0.4) is 0 Å². The Labute approximate surface area is 181 Å². The van der Waals surface area contributed by atoms with E-state index in [-0.39, 0.29) is 5.91 Å². The van der Waals surface area contributed by atoms with Gasteiger partial charge in [0.1, 0.15) is 5.15 Å². The summed E-state index contributed by atoms with van der Waals surface area (Å²) in [5.74, 6) is 0.121. The first-order valence-electron chi connectivity index (χ1n) is 9.85. The van der Waals surface area contributed by atoms with E-state index in [0.29, 0.717) is 24.0 Å². The quantitative estimate of drug-likeness (QED) is 0.360. The van der Waals surface area contributed by atoms with Crippen molar-refractivity contribution in [1.29, 1.82) is 0 Å². The molecule has 0 atom stereocenters. The molecule has 30 heavy (non-hydrogen) atoms. The summed E-state index contributed by atoms with van der Waals surface area (Å²) in [5.41, 5.74) is 6.16. The monoisotopic (exact) mass is 418 g/mol. The predicted molar refractivity (Wildman–Crippen MR) is 120 cm³/mol. The number of rotatable bonds is 5. The molecule has 2 heterocycles. The van der Waals surface area contributed by atoms with Gasteiger partial charge in [0.15, 0.2) is 5.76 Å². The van der Waals surface area contributed by atoms with E-state index in [1.165, 1.54) is 17.4 Å². The van der Waals surface area contributed by atoms with Crippen LogP contribution in [0.5, 0.6) is 0 Å². The van der Waals surface area contributed by atoms with Crippen molar-refractivity contribution in [2.45, 2.75) is 33.9 Å². The number of aromatic nitrogens is 1. The van der Waals surface area contributed by atoms with Crippen LogP contribution < -0.4 is 0 Å². The summed E-state index contributed by atoms with van der Waals surface area (Å²) >= 11 is 6.54. The largest absolute Gasteiger partial charge is 0.459 e. The number of fused-ring (bicyclic) bond motifs is 1. The molecule has 0 unspecified atom stereocenters. The fourth-order valence-corrected chi connectivity index (χ4v) is 3.86. The zero-order chi connectivity index (χ0) is 21.3. The van der Waals surface area contributed by atoms with Gasteiger partial charge in [-0.3, -0.25) is 4.79 Å². The molecule has 4 rings (SSSR count). The number of aryl methyl sites for hydroxylation is 3. The average Bonchev–Trinajstić information content (AvgIpc) is 3.24. The molecule has 5 heteroatoms. The number of carbonyl (C=O) groups is 1. The lowest BCUT2D eigenvalue weighted by Gasteiger charge is -2.23. The predicted octanol–water partition coefficient (Wildman–Crippen LogP) is 6.25. The van der Waals surface area contributed by atoms with Crippen LogP contribution in [0.1, 0.15) is 38.4 Å². The third kappa shape index (κ3) is 4.24. The molecule has 2 aromatic heterocycles. The fraction of sp³-hybridized carbons (Fsp3) is 0.200. The summed E-state index contributed by atoms with van der Waals surface area (Å²) in [6.45, 7) is 6.91. The maximum Gasteiger partial charge on any atom is 0.290 e. The topological polar surface area (TPSA) is 46.3 Å². The first-order chi connectivity index (χ1) is 14.4. The number of pyridine rings is 1. The molecule has 4 nitrogen and oxygen atoms in total. The molecule has 0 bridgehead atoms. The molecular formula is C25H23ClN2O2. The van der Waals surface area contributed by atoms with Gasteiger partial charge < -0.3 is 9.32 Å². The van der Waals surface area contributed by atoms with Crippen molar-refractivity contribution < 1.29 is 9.21 Å². The van der Waals surface area contributed by atoms with Crippen LogP contribution in [0.2, 0.25) is 5.15 Å². The lowest BCUT2D eigenvalue weighted by Crippen LogP contribution is -2.30. The number of benzene rings is 2. The van der Waals surface area contributed by atoms with E-state index in [0.717, 1.165) is 27.6 Å². The molecule has 0 aliphatic rings. The summed E-state index contributed by atoms with van der Waals surface area (Å²) < 4.78 is 5.36. The van der Waals surface area contributed by atoms with Crippen LogP contribution in [0.4, 0.5) is 0 Å². The third-order valence-electron chi connectivity index (χ3n) is 5.15. The summed E-state index contributed by atoms with van der Waals surface area (Å²) in [6.07, 6.45) is 1.51. The Morgan fingerprint density at radius 1 is 1.00 bits per heavy atom. The van der Waals surface area contributed by atoms with Gasteiger partial charge in [-0.2, -0.15) is 0 Å². The standard InChI is InChI=1S/C25H23ClN2O2/c1-16-6-8-19(9-7-16)14-28(25(29)22-5-4-10-30-22)15-21-13-20-12-17(2)11-18(3)23(20)27-24(21)26/h4-13H,14-15H2,1-3H3. The van der Waals surface area contributed by atoms with Crippen molar-refractivity contribution in [2.75, 3.05) is 0 Å². The molecule has 0 saturated carbocycles. The molecule has 2 aromatic carbocycles. The molecule has 0 aliphatic heterocycles. The van der Waals surface area contributed by atoms with Gasteiger partial charge in [-0.25, -0.2) is 4.98 Å². The molecule has 1 amide bonds. The molecule has 0 N–H and O–H groups in total. The summed E-state index contributed by atoms with van der Waals surface area (Å²) in [7, 11) is 0. The van der Waals surface area contributed by atoms with Gasteiger partial charge in [0.05, 0.1) is 11.8 Å². The molecule has 0 radical (unpaired) electrons. The highest BCUT2D eigenvalue weighted by Crippen LogP contribution is 2.26. The molecule has 0 fully saturated rings. The van der Waals surface area contributed by atoms with Gasteiger partial charge in [0.25, 0.3) is 5.91 Å². The maximum atomic E-state index is 13.1. The average molecular weight is 419 g/mol. The number of nitrogens with zero attached hydrogens (tertiary/aromatic N) is 2. The SMILES string of the molecule is Cc1ccc(CN(Cc2cc3cc(C)cc(C)c3nc2Cl)C(=O)c2ccco2)cc1. The second-order valence-electron chi connectivity index (χ2n) is 7.72. The smallest absolute Gasteiger partial charge is 0.290 e. The van der Waals surface area contributed by atoms with Crippen molar-refractivity contribution in [1.82, 2.24) is 9.88 Å². The van der Waals surface area contributed by atoms with Crippen LogP contribution in [-0.2, 0) is 13.1 Å². The van der Waals surface area contributed by atoms with Crippen molar-refractivity contribution in [3.63, 3.8) is 0 Å². The van der Waals surface area contributed by atoms with Crippen molar-refractivity contribution >= 4 is 28.4 Å². The Bertz CT molecular complexity index is 1200. The van der Waals surface area contributed by atoms with Gasteiger partial charge in [-0.15, -0.1) is 0 Å². The molecule has 0 saturated heterocycles. The van der Waals surface area contributed by atoms with E-state index in [9.17, 15) is 4.79 Å². The van der Waals surface area contributed by atoms with Gasteiger partial charge in [0.2, 0.25) is 0 Å². The van der Waals surface area contributed by atoms with E-state index in [1.807, 2.05) is 44.2 Å². The first-order valence-corrected chi connectivity index (χ1v) is 10.2. The van der Waals surface area contributed by atoms with Gasteiger partial charge in [-0.1, -0.05) is 53.1 Å². The zero-order valence-corrected chi connectivity index (χ0v) is 18.0. The minimum atomic E-state index is -0.183. The fourth-order valence-electron chi connectivity index (χ4n) is 3.66. The maximum absolute atomic E-state index is 13.1. The van der Waals surface area contributed by atoms with Crippen molar-refractivity contribution in [3.05, 3.63) is 99.6 Å². The first kappa shape index (κ1) is 20.2. The minimum absolute atomic E-state index is 0.183. The van der Waals surface area contributed by atoms with Gasteiger partial charge in [0, 0.05) is 24.0 Å². The summed E-state index contributed by atoms with van der Waals surface area (Å²) in [4.78, 5) is 19.5. The highest BCUT2D eigenvalue weighted by Gasteiger charge is 2.21. The Morgan fingerprint density at radius 3 is 2.47 bits per heavy atom. The minimum Gasteiger partial charge on any atom is -0.459 e. The Balaban J connectivity index is 1.71. The Kier molecular flexibility index (Phi) is 5.60. The number of hydrogen-bond donors (Lipinski definition) is 0. The van der Waals surface area contributed by atoms with E-state index in [1.54, 1.807) is 17.0 Å². The highest BCUT2D eigenvalue weighted by atomic mass is 35.5. The zero-order valence-electron chi connectivity index (χ0n) is 17.3. The van der Waals surface area contributed by atoms with Crippen molar-refractivity contribution in [3.8, 4) is 0 Å². The molecular weight excluding hydrogens is 396 g/mol. The molecule has 0 aliphatic carbocycles. The number of furan rings is 1. The third-order valence-corrected chi connectivity index (χ3v) is 5.48. The number of carbonyl (C=O) groups excluding carboxylic acids is 1. The van der Waals surface area contributed by atoms with Gasteiger partial charge in [-0.05, 0) is 56.2 Å². The lowest BCUT2D eigenvalue weighted by molar-refractivity contribution is 0.0697. The van der Waals surface area contributed by atoms with E-state index in [2.05, 4.69) is 24.0 Å². The van der Waals surface area contributed by atoms with E-state index < -0.39 is 0 Å². The van der Waals surface area contributed by atoms with Crippen molar-refractivity contribution in [2.24, 2.45) is 0 Å². The normalized spacial score (nSPS) is 11.1. The van der Waals surface area contributed by atoms with Crippen LogP contribution in [0.25, 0.3) is 10.9 Å². The van der Waals surface area contributed by atoms with E-state index in [4.69, 9.17) is 16.0 Å². The van der Waals surface area contributed by atoms with Crippen LogP contribution >= 0.6 is 11.6 Å².